The normalized spacial score (nSPS) is 18.6. The van der Waals surface area contributed by atoms with E-state index >= 15 is 0 Å². The van der Waals surface area contributed by atoms with Gasteiger partial charge in [-0.1, -0.05) is 37.1 Å². The molecule has 1 unspecified atom stereocenters. The second kappa shape index (κ2) is 4.46. The SMILES string of the molecule is OC(c1nccc2ccccc12)C1CCCC1. The lowest BCUT2D eigenvalue weighted by Crippen LogP contribution is -2.11. The van der Waals surface area contributed by atoms with Gasteiger partial charge in [0.2, 0.25) is 0 Å². The summed E-state index contributed by atoms with van der Waals surface area (Å²) in [5.74, 6) is 0.397. The quantitative estimate of drug-likeness (QED) is 0.852. The lowest BCUT2D eigenvalue weighted by Gasteiger charge is -2.18. The van der Waals surface area contributed by atoms with E-state index in [2.05, 4.69) is 17.1 Å². The molecule has 1 N–H and O–H groups in total. The molecule has 17 heavy (non-hydrogen) atoms. The molecule has 1 fully saturated rings. The van der Waals surface area contributed by atoms with Crippen molar-refractivity contribution in [3.05, 3.63) is 42.2 Å². The van der Waals surface area contributed by atoms with Crippen LogP contribution >= 0.6 is 0 Å². The highest BCUT2D eigenvalue weighted by molar-refractivity contribution is 5.84. The molecular formula is C15H17NO. The lowest BCUT2D eigenvalue weighted by atomic mass is 9.95. The van der Waals surface area contributed by atoms with Crippen LogP contribution in [0.5, 0.6) is 0 Å². The fourth-order valence-electron chi connectivity index (χ4n) is 2.88. The molecule has 0 bridgehead atoms. The maximum absolute atomic E-state index is 10.5. The third kappa shape index (κ3) is 1.93. The molecule has 3 rings (SSSR count). The van der Waals surface area contributed by atoms with Gasteiger partial charge in [-0.25, -0.2) is 0 Å². The standard InChI is InChI=1S/C15H17NO/c17-15(12-6-1-2-7-12)14-13-8-4-3-5-11(13)9-10-16-14/h3-5,8-10,12,15,17H,1-2,6-7H2. The number of aliphatic hydroxyl groups excluding tert-OH is 1. The van der Waals surface area contributed by atoms with Gasteiger partial charge in [-0.2, -0.15) is 0 Å². The van der Waals surface area contributed by atoms with Crippen molar-refractivity contribution in [3.8, 4) is 0 Å². The van der Waals surface area contributed by atoms with Crippen molar-refractivity contribution in [2.24, 2.45) is 5.92 Å². The minimum absolute atomic E-state index is 0.397. The first kappa shape index (κ1) is 10.7. The Morgan fingerprint density at radius 3 is 2.71 bits per heavy atom. The number of nitrogens with zero attached hydrogens (tertiary/aromatic N) is 1. The van der Waals surface area contributed by atoms with Crippen LogP contribution in [0.15, 0.2) is 36.5 Å². The molecule has 0 radical (unpaired) electrons. The summed E-state index contributed by atoms with van der Waals surface area (Å²) in [5, 5.41) is 12.7. The Balaban J connectivity index is 2.04. The molecule has 1 aliphatic carbocycles. The van der Waals surface area contributed by atoms with Crippen molar-refractivity contribution in [2.75, 3.05) is 0 Å². The summed E-state index contributed by atoms with van der Waals surface area (Å²) in [5.41, 5.74) is 0.856. The molecular weight excluding hydrogens is 210 g/mol. The first-order chi connectivity index (χ1) is 8.36. The van der Waals surface area contributed by atoms with Crippen LogP contribution in [-0.4, -0.2) is 10.1 Å². The minimum atomic E-state index is -0.399. The molecule has 1 aromatic carbocycles. The Bertz CT molecular complexity index is 512. The molecule has 0 saturated heterocycles. The Morgan fingerprint density at radius 1 is 1.12 bits per heavy atom. The first-order valence-corrected chi connectivity index (χ1v) is 6.38. The zero-order valence-corrected chi connectivity index (χ0v) is 9.84. The van der Waals surface area contributed by atoms with Crippen molar-refractivity contribution in [1.82, 2.24) is 4.98 Å². The van der Waals surface area contributed by atoms with Gasteiger partial charge in [0.15, 0.2) is 0 Å². The topological polar surface area (TPSA) is 33.1 Å². The highest BCUT2D eigenvalue weighted by atomic mass is 16.3. The van der Waals surface area contributed by atoms with Crippen LogP contribution in [0.4, 0.5) is 0 Å². The van der Waals surface area contributed by atoms with Crippen molar-refractivity contribution < 1.29 is 5.11 Å². The van der Waals surface area contributed by atoms with E-state index in [1.54, 1.807) is 6.20 Å². The van der Waals surface area contributed by atoms with E-state index in [1.807, 2.05) is 18.2 Å². The summed E-state index contributed by atoms with van der Waals surface area (Å²) in [7, 11) is 0. The molecule has 1 aromatic heterocycles. The molecule has 0 amide bonds. The maximum Gasteiger partial charge on any atom is 0.0994 e. The average Bonchev–Trinajstić information content (AvgIpc) is 2.91. The molecule has 1 heterocycles. The lowest BCUT2D eigenvalue weighted by molar-refractivity contribution is 0.109. The van der Waals surface area contributed by atoms with E-state index in [0.717, 1.165) is 29.3 Å². The summed E-state index contributed by atoms with van der Waals surface area (Å²) in [4.78, 5) is 4.40. The van der Waals surface area contributed by atoms with Gasteiger partial charge in [-0.3, -0.25) is 4.98 Å². The van der Waals surface area contributed by atoms with Crippen LogP contribution < -0.4 is 0 Å². The molecule has 1 saturated carbocycles. The molecule has 2 heteroatoms. The molecule has 0 spiro atoms. The molecule has 2 aromatic rings. The smallest absolute Gasteiger partial charge is 0.0994 e. The van der Waals surface area contributed by atoms with E-state index in [9.17, 15) is 5.11 Å². The third-order valence-electron chi connectivity index (χ3n) is 3.83. The van der Waals surface area contributed by atoms with Crippen LogP contribution in [-0.2, 0) is 0 Å². The van der Waals surface area contributed by atoms with Crippen LogP contribution in [0.3, 0.4) is 0 Å². The number of hydrogen-bond donors (Lipinski definition) is 1. The van der Waals surface area contributed by atoms with Gasteiger partial charge in [-0.15, -0.1) is 0 Å². The summed E-state index contributed by atoms with van der Waals surface area (Å²) in [6.45, 7) is 0. The summed E-state index contributed by atoms with van der Waals surface area (Å²) < 4.78 is 0. The number of aromatic nitrogens is 1. The van der Waals surface area contributed by atoms with E-state index in [1.165, 1.54) is 12.8 Å². The van der Waals surface area contributed by atoms with Crippen molar-refractivity contribution in [2.45, 2.75) is 31.8 Å². The van der Waals surface area contributed by atoms with Crippen LogP contribution in [0.25, 0.3) is 10.8 Å². The summed E-state index contributed by atoms with van der Waals surface area (Å²) in [6.07, 6.45) is 6.15. The number of benzene rings is 1. The van der Waals surface area contributed by atoms with Crippen LogP contribution in [0.2, 0.25) is 0 Å². The van der Waals surface area contributed by atoms with Crippen molar-refractivity contribution >= 4 is 10.8 Å². The highest BCUT2D eigenvalue weighted by Gasteiger charge is 2.26. The average molecular weight is 227 g/mol. The Kier molecular flexibility index (Phi) is 2.81. The van der Waals surface area contributed by atoms with Crippen LogP contribution in [0.1, 0.15) is 37.5 Å². The van der Waals surface area contributed by atoms with Gasteiger partial charge in [0, 0.05) is 11.6 Å². The third-order valence-corrected chi connectivity index (χ3v) is 3.83. The number of pyridine rings is 1. The zero-order valence-electron chi connectivity index (χ0n) is 9.84. The van der Waals surface area contributed by atoms with E-state index in [4.69, 9.17) is 0 Å². The Morgan fingerprint density at radius 2 is 1.88 bits per heavy atom. The fraction of sp³-hybridized carbons (Fsp3) is 0.400. The van der Waals surface area contributed by atoms with Gasteiger partial charge in [0.05, 0.1) is 11.8 Å². The monoisotopic (exact) mass is 227 g/mol. The predicted molar refractivity (Wildman–Crippen MR) is 68.7 cm³/mol. The van der Waals surface area contributed by atoms with Crippen molar-refractivity contribution in [1.29, 1.82) is 0 Å². The van der Waals surface area contributed by atoms with Crippen LogP contribution in [0, 0.1) is 5.92 Å². The van der Waals surface area contributed by atoms with E-state index < -0.39 is 6.10 Å². The van der Waals surface area contributed by atoms with Gasteiger partial charge < -0.3 is 5.11 Å². The van der Waals surface area contributed by atoms with E-state index in [0.29, 0.717) is 5.92 Å². The summed E-state index contributed by atoms with van der Waals surface area (Å²) >= 11 is 0. The second-order valence-electron chi connectivity index (χ2n) is 4.91. The summed E-state index contributed by atoms with van der Waals surface area (Å²) in [6, 6.07) is 10.2. The molecule has 2 nitrogen and oxygen atoms in total. The Hall–Kier alpha value is -1.41. The number of rotatable bonds is 2. The molecule has 1 atom stereocenters. The maximum atomic E-state index is 10.5. The number of aliphatic hydroxyl groups is 1. The minimum Gasteiger partial charge on any atom is -0.386 e. The van der Waals surface area contributed by atoms with Gasteiger partial charge in [-0.05, 0) is 30.2 Å². The molecule has 0 aliphatic heterocycles. The van der Waals surface area contributed by atoms with Gasteiger partial charge >= 0.3 is 0 Å². The zero-order chi connectivity index (χ0) is 11.7. The number of fused-ring (bicyclic) bond motifs is 1. The molecule has 88 valence electrons. The van der Waals surface area contributed by atoms with E-state index in [-0.39, 0.29) is 0 Å². The van der Waals surface area contributed by atoms with Crippen molar-refractivity contribution in [3.63, 3.8) is 0 Å². The second-order valence-corrected chi connectivity index (χ2v) is 4.91. The van der Waals surface area contributed by atoms with Gasteiger partial charge in [0.1, 0.15) is 0 Å². The largest absolute Gasteiger partial charge is 0.386 e. The number of hydrogen-bond acceptors (Lipinski definition) is 2. The highest BCUT2D eigenvalue weighted by Crippen LogP contribution is 2.36. The van der Waals surface area contributed by atoms with Gasteiger partial charge in [0.25, 0.3) is 0 Å². The first-order valence-electron chi connectivity index (χ1n) is 6.38. The Labute approximate surface area is 101 Å². The fourth-order valence-corrected chi connectivity index (χ4v) is 2.88. The predicted octanol–water partition coefficient (Wildman–Crippen LogP) is 3.46. The molecule has 1 aliphatic rings.